The summed E-state index contributed by atoms with van der Waals surface area (Å²) in [5.74, 6) is 0.0457. The number of hydrogen-bond donors (Lipinski definition) is 1. The molecule has 5 nitrogen and oxygen atoms in total. The summed E-state index contributed by atoms with van der Waals surface area (Å²) >= 11 is 11.9. The Morgan fingerprint density at radius 2 is 1.85 bits per heavy atom. The Labute approximate surface area is 88.3 Å². The first-order valence-electron chi connectivity index (χ1n) is 3.04. The fourth-order valence-electron chi connectivity index (χ4n) is 0.524. The van der Waals surface area contributed by atoms with Crippen LogP contribution in [0.4, 0.5) is 10.7 Å². The van der Waals surface area contributed by atoms with Gasteiger partial charge in [-0.15, -0.1) is 0 Å². The third-order valence-corrected chi connectivity index (χ3v) is 1.79. The van der Waals surface area contributed by atoms with Gasteiger partial charge in [-0.05, 0) is 29.5 Å². The number of amides is 1. The fraction of sp³-hybridized carbons (Fsp3) is 0.200. The first-order chi connectivity index (χ1) is 6.11. The maximum atomic E-state index is 10.9. The summed E-state index contributed by atoms with van der Waals surface area (Å²) in [7, 11) is 0. The van der Waals surface area contributed by atoms with Crippen molar-refractivity contribution < 1.29 is 4.79 Å². The van der Waals surface area contributed by atoms with Crippen LogP contribution in [0.1, 0.15) is 0 Å². The van der Waals surface area contributed by atoms with Gasteiger partial charge in [0.1, 0.15) is 0 Å². The summed E-state index contributed by atoms with van der Waals surface area (Å²) in [6.07, 6.45) is 1.62. The number of rotatable bonds is 1. The Balaban J connectivity index is 2.83. The Kier molecular flexibility index (Phi) is 3.71. The molecule has 0 aliphatic carbocycles. The number of aromatic nitrogens is 3. The Morgan fingerprint density at radius 1 is 1.31 bits per heavy atom. The minimum atomic E-state index is -0.293. The van der Waals surface area contributed by atoms with Crippen LogP contribution in [0.2, 0.25) is 10.6 Å². The standard InChI is InChI=1S/C5H4Cl2N4OS/c1-13-5(12)11-4-9-2(6)8-3(7)10-4/h1H3,(H,8,9,10,11,12). The van der Waals surface area contributed by atoms with Gasteiger partial charge in [-0.1, -0.05) is 11.8 Å². The molecule has 0 bridgehead atoms. The Hall–Kier alpha value is -0.590. The molecule has 1 amide bonds. The number of anilines is 1. The number of hydrogen-bond acceptors (Lipinski definition) is 5. The molecule has 0 fully saturated rings. The van der Waals surface area contributed by atoms with E-state index in [2.05, 4.69) is 20.3 Å². The van der Waals surface area contributed by atoms with Crippen LogP contribution in [0.25, 0.3) is 0 Å². The van der Waals surface area contributed by atoms with E-state index in [4.69, 9.17) is 23.2 Å². The summed E-state index contributed by atoms with van der Waals surface area (Å²) in [5, 5.41) is 1.96. The van der Waals surface area contributed by atoms with Crippen LogP contribution >= 0.6 is 35.0 Å². The van der Waals surface area contributed by atoms with Gasteiger partial charge in [0.15, 0.2) is 0 Å². The quantitative estimate of drug-likeness (QED) is 0.812. The molecule has 13 heavy (non-hydrogen) atoms. The molecule has 0 unspecified atom stereocenters. The maximum Gasteiger partial charge on any atom is 0.285 e. The molecular formula is C5H4Cl2N4OS. The summed E-state index contributed by atoms with van der Waals surface area (Å²) in [4.78, 5) is 21.7. The first kappa shape index (κ1) is 10.5. The molecule has 1 N–H and O–H groups in total. The van der Waals surface area contributed by atoms with Gasteiger partial charge in [-0.3, -0.25) is 10.1 Å². The van der Waals surface area contributed by atoms with Gasteiger partial charge >= 0.3 is 0 Å². The second kappa shape index (κ2) is 4.59. The van der Waals surface area contributed by atoms with Crippen molar-refractivity contribution in [2.45, 2.75) is 0 Å². The zero-order valence-corrected chi connectivity index (χ0v) is 8.74. The summed E-state index contributed by atoms with van der Waals surface area (Å²) < 4.78 is 0. The van der Waals surface area contributed by atoms with E-state index in [1.54, 1.807) is 6.26 Å². The van der Waals surface area contributed by atoms with Gasteiger partial charge < -0.3 is 0 Å². The molecule has 1 heterocycles. The highest BCUT2D eigenvalue weighted by atomic mass is 35.5. The van der Waals surface area contributed by atoms with Gasteiger partial charge in [0.2, 0.25) is 16.5 Å². The monoisotopic (exact) mass is 238 g/mol. The van der Waals surface area contributed by atoms with Crippen LogP contribution < -0.4 is 5.32 Å². The summed E-state index contributed by atoms with van der Waals surface area (Å²) in [6, 6.07) is 0. The largest absolute Gasteiger partial charge is 0.285 e. The third kappa shape index (κ3) is 3.33. The van der Waals surface area contributed by atoms with E-state index in [1.165, 1.54) is 0 Å². The lowest BCUT2D eigenvalue weighted by atomic mass is 10.9. The van der Waals surface area contributed by atoms with Crippen molar-refractivity contribution in [2.75, 3.05) is 11.6 Å². The molecule has 0 atom stereocenters. The molecule has 1 aromatic heterocycles. The zero-order chi connectivity index (χ0) is 9.84. The Bertz CT molecular complexity index is 314. The van der Waals surface area contributed by atoms with Crippen LogP contribution in [-0.2, 0) is 0 Å². The molecule has 0 saturated carbocycles. The predicted octanol–water partition coefficient (Wildman–Crippen LogP) is 2.07. The van der Waals surface area contributed by atoms with E-state index in [0.717, 1.165) is 11.8 Å². The van der Waals surface area contributed by atoms with Gasteiger partial charge in [0.25, 0.3) is 5.24 Å². The molecule has 0 spiro atoms. The van der Waals surface area contributed by atoms with Crippen LogP contribution in [0, 0.1) is 0 Å². The van der Waals surface area contributed by atoms with Crippen LogP contribution in [-0.4, -0.2) is 26.4 Å². The van der Waals surface area contributed by atoms with Crippen molar-refractivity contribution in [3.8, 4) is 0 Å². The SMILES string of the molecule is CSC(=O)Nc1nc(Cl)nc(Cl)n1. The molecule has 0 aromatic carbocycles. The predicted molar refractivity (Wildman–Crippen MR) is 52.4 cm³/mol. The molecule has 0 saturated heterocycles. The minimum Gasteiger partial charge on any atom is -0.285 e. The van der Waals surface area contributed by atoms with E-state index in [-0.39, 0.29) is 21.8 Å². The van der Waals surface area contributed by atoms with E-state index in [0.29, 0.717) is 0 Å². The van der Waals surface area contributed by atoms with E-state index in [1.807, 2.05) is 0 Å². The van der Waals surface area contributed by atoms with Crippen molar-refractivity contribution in [3.05, 3.63) is 10.6 Å². The zero-order valence-electron chi connectivity index (χ0n) is 6.41. The molecule has 0 radical (unpaired) electrons. The lowest BCUT2D eigenvalue weighted by molar-refractivity contribution is 0.269. The number of carbonyl (C=O) groups excluding carboxylic acids is 1. The van der Waals surface area contributed by atoms with E-state index < -0.39 is 0 Å². The van der Waals surface area contributed by atoms with Crippen molar-refractivity contribution in [2.24, 2.45) is 0 Å². The molecule has 0 aliphatic heterocycles. The number of halogens is 2. The van der Waals surface area contributed by atoms with Crippen molar-refractivity contribution in [3.63, 3.8) is 0 Å². The lowest BCUT2D eigenvalue weighted by Gasteiger charge is -2.00. The van der Waals surface area contributed by atoms with Gasteiger partial charge in [0.05, 0.1) is 0 Å². The smallest absolute Gasteiger partial charge is 0.285 e. The number of thioether (sulfide) groups is 1. The van der Waals surface area contributed by atoms with E-state index >= 15 is 0 Å². The van der Waals surface area contributed by atoms with Gasteiger partial charge in [-0.25, -0.2) is 0 Å². The van der Waals surface area contributed by atoms with Gasteiger partial charge in [-0.2, -0.15) is 15.0 Å². The van der Waals surface area contributed by atoms with Crippen LogP contribution in [0.15, 0.2) is 0 Å². The molecule has 70 valence electrons. The highest BCUT2D eigenvalue weighted by Crippen LogP contribution is 2.10. The minimum absolute atomic E-state index is 0.0457. The highest BCUT2D eigenvalue weighted by Gasteiger charge is 2.05. The fourth-order valence-corrected chi connectivity index (χ4v) is 1.08. The van der Waals surface area contributed by atoms with Crippen LogP contribution in [0.3, 0.4) is 0 Å². The lowest BCUT2D eigenvalue weighted by Crippen LogP contribution is -2.08. The number of nitrogens with one attached hydrogen (secondary N) is 1. The first-order valence-corrected chi connectivity index (χ1v) is 5.02. The highest BCUT2D eigenvalue weighted by molar-refractivity contribution is 8.13. The van der Waals surface area contributed by atoms with Crippen molar-refractivity contribution in [1.82, 2.24) is 15.0 Å². The second-order valence-electron chi connectivity index (χ2n) is 1.81. The normalized spacial score (nSPS) is 9.77. The molecule has 1 aromatic rings. The van der Waals surface area contributed by atoms with Gasteiger partial charge in [0, 0.05) is 0 Å². The summed E-state index contributed by atoms with van der Waals surface area (Å²) in [5.41, 5.74) is 0. The van der Waals surface area contributed by atoms with Crippen molar-refractivity contribution >= 4 is 46.2 Å². The third-order valence-electron chi connectivity index (χ3n) is 0.980. The van der Waals surface area contributed by atoms with Crippen molar-refractivity contribution in [1.29, 1.82) is 0 Å². The Morgan fingerprint density at radius 3 is 2.31 bits per heavy atom. The average molecular weight is 239 g/mol. The van der Waals surface area contributed by atoms with Crippen LogP contribution in [0.5, 0.6) is 0 Å². The van der Waals surface area contributed by atoms with E-state index in [9.17, 15) is 4.79 Å². The number of carbonyl (C=O) groups is 1. The average Bonchev–Trinajstić information content (AvgIpc) is 2.02. The summed E-state index contributed by atoms with van der Waals surface area (Å²) in [6.45, 7) is 0. The topological polar surface area (TPSA) is 67.8 Å². The maximum absolute atomic E-state index is 10.9. The molecule has 8 heteroatoms. The second-order valence-corrected chi connectivity index (χ2v) is 3.27. The molecule has 1 rings (SSSR count). The molecular weight excluding hydrogens is 235 g/mol. The number of nitrogens with zero attached hydrogens (tertiary/aromatic N) is 3. The molecule has 0 aliphatic rings.